The van der Waals surface area contributed by atoms with Gasteiger partial charge in [0.05, 0.1) is 10.4 Å². The molecular weight excluding hydrogens is 373 g/mol. The van der Waals surface area contributed by atoms with Crippen LogP contribution in [-0.4, -0.2) is 38.5 Å². The fourth-order valence-corrected chi connectivity index (χ4v) is 3.89. The molecule has 1 atom stereocenters. The van der Waals surface area contributed by atoms with Crippen LogP contribution in [0.3, 0.4) is 0 Å². The Balaban J connectivity index is 1.84. The Morgan fingerprint density at radius 1 is 1.19 bits per heavy atom. The molecule has 0 aliphatic rings. The minimum absolute atomic E-state index is 0.000891. The number of oxazole rings is 1. The Labute approximate surface area is 156 Å². The molecule has 9 heteroatoms. The zero-order chi connectivity index (χ0) is 19.8. The van der Waals surface area contributed by atoms with Crippen LogP contribution in [0.15, 0.2) is 56.6 Å². The van der Waals surface area contributed by atoms with Gasteiger partial charge < -0.3 is 9.32 Å². The summed E-state index contributed by atoms with van der Waals surface area (Å²) in [6.45, 7) is 0.0950. The largest absolute Gasteiger partial charge is 0.419 e. The molecule has 1 N–H and O–H groups in total. The van der Waals surface area contributed by atoms with E-state index < -0.39 is 15.8 Å². The van der Waals surface area contributed by atoms with Gasteiger partial charge in [-0.25, -0.2) is 22.3 Å². The number of rotatable bonds is 6. The lowest BCUT2D eigenvalue weighted by molar-refractivity contribution is 0.299. The summed E-state index contributed by atoms with van der Waals surface area (Å²) in [5, 5.41) is 0. The normalized spacial score (nSPS) is 13.4. The molecule has 7 nitrogen and oxygen atoms in total. The third-order valence-electron chi connectivity index (χ3n) is 4.42. The first-order valence-corrected chi connectivity index (χ1v) is 9.68. The van der Waals surface area contributed by atoms with E-state index in [1.807, 2.05) is 19.0 Å². The highest BCUT2D eigenvalue weighted by Crippen LogP contribution is 2.21. The molecule has 0 bridgehead atoms. The number of aryl methyl sites for hydroxylation is 1. The first kappa shape index (κ1) is 19.3. The van der Waals surface area contributed by atoms with Crippen molar-refractivity contribution in [3.8, 4) is 0 Å². The van der Waals surface area contributed by atoms with Crippen molar-refractivity contribution in [3.05, 3.63) is 64.4 Å². The lowest BCUT2D eigenvalue weighted by Gasteiger charge is -2.25. The van der Waals surface area contributed by atoms with E-state index >= 15 is 0 Å². The van der Waals surface area contributed by atoms with Gasteiger partial charge in [0, 0.05) is 25.7 Å². The number of hydrogen-bond donors (Lipinski definition) is 1. The first-order valence-electron chi connectivity index (χ1n) is 8.20. The average molecular weight is 393 g/mol. The maximum Gasteiger partial charge on any atom is 0.419 e. The van der Waals surface area contributed by atoms with Crippen molar-refractivity contribution in [2.45, 2.75) is 10.9 Å². The summed E-state index contributed by atoms with van der Waals surface area (Å²) >= 11 is 0. The molecule has 0 saturated carbocycles. The van der Waals surface area contributed by atoms with Crippen LogP contribution in [0.25, 0.3) is 11.1 Å². The molecule has 0 fully saturated rings. The molecule has 0 spiro atoms. The Morgan fingerprint density at radius 2 is 1.85 bits per heavy atom. The van der Waals surface area contributed by atoms with E-state index in [0.29, 0.717) is 5.52 Å². The highest BCUT2D eigenvalue weighted by Gasteiger charge is 2.21. The Bertz CT molecular complexity index is 1120. The number of nitrogens with zero attached hydrogens (tertiary/aromatic N) is 2. The van der Waals surface area contributed by atoms with Crippen molar-refractivity contribution in [3.63, 3.8) is 0 Å². The van der Waals surface area contributed by atoms with Crippen molar-refractivity contribution >= 4 is 21.1 Å². The summed E-state index contributed by atoms with van der Waals surface area (Å²) in [7, 11) is 1.35. The molecule has 1 heterocycles. The van der Waals surface area contributed by atoms with Crippen molar-refractivity contribution in [2.24, 2.45) is 7.05 Å². The molecule has 0 saturated heterocycles. The van der Waals surface area contributed by atoms with Crippen LogP contribution in [0.1, 0.15) is 11.6 Å². The van der Waals surface area contributed by atoms with Crippen molar-refractivity contribution in [1.29, 1.82) is 0 Å². The molecule has 0 radical (unpaired) electrons. The summed E-state index contributed by atoms with van der Waals surface area (Å²) in [5.74, 6) is -0.911. The Morgan fingerprint density at radius 3 is 2.48 bits per heavy atom. The van der Waals surface area contributed by atoms with Crippen molar-refractivity contribution < 1.29 is 17.2 Å². The van der Waals surface area contributed by atoms with E-state index in [4.69, 9.17) is 4.42 Å². The Kier molecular flexibility index (Phi) is 5.18. The number of sulfonamides is 1. The molecule has 3 rings (SSSR count). The molecular formula is C18H20FN3O4S. The second-order valence-electron chi connectivity index (χ2n) is 6.44. The van der Waals surface area contributed by atoms with Crippen LogP contribution in [0, 0.1) is 5.82 Å². The maximum absolute atomic E-state index is 13.1. The third-order valence-corrected chi connectivity index (χ3v) is 5.84. The second kappa shape index (κ2) is 7.26. The fraction of sp³-hybridized carbons (Fsp3) is 0.278. The van der Waals surface area contributed by atoms with Gasteiger partial charge in [0.1, 0.15) is 5.82 Å². The number of hydrogen-bond acceptors (Lipinski definition) is 5. The number of halogens is 1. The smallest absolute Gasteiger partial charge is 0.408 e. The SMILES string of the molecule is CN(C)C(CNS(=O)(=O)c1ccc2c(c1)oc(=O)n2C)c1ccc(F)cc1. The van der Waals surface area contributed by atoms with Gasteiger partial charge in [0.15, 0.2) is 5.58 Å². The number of likely N-dealkylation sites (N-methyl/N-ethyl adjacent to an activating group) is 1. The van der Waals surface area contributed by atoms with E-state index in [-0.39, 0.29) is 28.9 Å². The van der Waals surface area contributed by atoms with Crippen molar-refractivity contribution in [1.82, 2.24) is 14.2 Å². The van der Waals surface area contributed by atoms with Gasteiger partial charge in [0.2, 0.25) is 10.0 Å². The molecule has 2 aromatic carbocycles. The number of nitrogens with one attached hydrogen (secondary N) is 1. The quantitative estimate of drug-likeness (QED) is 0.691. The van der Waals surface area contributed by atoms with Crippen molar-refractivity contribution in [2.75, 3.05) is 20.6 Å². The van der Waals surface area contributed by atoms with Crippen LogP contribution in [0.2, 0.25) is 0 Å². The minimum atomic E-state index is -3.82. The lowest BCUT2D eigenvalue weighted by atomic mass is 10.1. The van der Waals surface area contributed by atoms with Gasteiger partial charge in [-0.15, -0.1) is 0 Å². The number of fused-ring (bicyclic) bond motifs is 1. The molecule has 27 heavy (non-hydrogen) atoms. The highest BCUT2D eigenvalue weighted by molar-refractivity contribution is 7.89. The van der Waals surface area contributed by atoms with Crippen LogP contribution in [0.4, 0.5) is 4.39 Å². The van der Waals surface area contributed by atoms with E-state index in [1.54, 1.807) is 19.2 Å². The summed E-state index contributed by atoms with van der Waals surface area (Å²) < 4.78 is 47.4. The monoisotopic (exact) mass is 393 g/mol. The van der Waals surface area contributed by atoms with Crippen LogP contribution >= 0.6 is 0 Å². The van der Waals surface area contributed by atoms with Gasteiger partial charge in [-0.2, -0.15) is 0 Å². The molecule has 144 valence electrons. The van der Waals surface area contributed by atoms with E-state index in [2.05, 4.69) is 4.72 Å². The zero-order valence-electron chi connectivity index (χ0n) is 15.1. The molecule has 1 aromatic heterocycles. The third kappa shape index (κ3) is 3.95. The summed E-state index contributed by atoms with van der Waals surface area (Å²) in [5.41, 5.74) is 1.50. The van der Waals surface area contributed by atoms with Gasteiger partial charge in [0.25, 0.3) is 0 Å². The van der Waals surface area contributed by atoms with E-state index in [9.17, 15) is 17.6 Å². The molecule has 0 aliphatic heterocycles. The van der Waals surface area contributed by atoms with Crippen LogP contribution < -0.4 is 10.5 Å². The highest BCUT2D eigenvalue weighted by atomic mass is 32.2. The molecule has 1 unspecified atom stereocenters. The minimum Gasteiger partial charge on any atom is -0.408 e. The van der Waals surface area contributed by atoms with Gasteiger partial charge in [-0.05, 0) is 43.9 Å². The van der Waals surface area contributed by atoms with E-state index in [0.717, 1.165) is 5.56 Å². The predicted molar refractivity (Wildman–Crippen MR) is 99.5 cm³/mol. The number of aromatic nitrogens is 1. The van der Waals surface area contributed by atoms with Crippen LogP contribution in [-0.2, 0) is 17.1 Å². The average Bonchev–Trinajstić information content (AvgIpc) is 2.90. The first-order chi connectivity index (χ1) is 12.7. The van der Waals surface area contributed by atoms with Gasteiger partial charge >= 0.3 is 5.76 Å². The molecule has 0 amide bonds. The predicted octanol–water partition coefficient (Wildman–Crippen LogP) is 1.85. The summed E-state index contributed by atoms with van der Waals surface area (Å²) in [6, 6.07) is 9.91. The van der Waals surface area contributed by atoms with Gasteiger partial charge in [-0.1, -0.05) is 12.1 Å². The fourth-order valence-electron chi connectivity index (χ4n) is 2.84. The summed E-state index contributed by atoms with van der Waals surface area (Å²) in [6.07, 6.45) is 0. The van der Waals surface area contributed by atoms with Crippen LogP contribution in [0.5, 0.6) is 0 Å². The molecule has 3 aromatic rings. The Hall–Kier alpha value is -2.49. The zero-order valence-corrected chi connectivity index (χ0v) is 16.0. The van der Waals surface area contributed by atoms with E-state index in [1.165, 1.54) is 34.9 Å². The lowest BCUT2D eigenvalue weighted by Crippen LogP contribution is -2.34. The number of benzene rings is 2. The van der Waals surface area contributed by atoms with Gasteiger partial charge in [-0.3, -0.25) is 4.57 Å². The summed E-state index contributed by atoms with van der Waals surface area (Å²) in [4.78, 5) is 13.4. The second-order valence-corrected chi connectivity index (χ2v) is 8.21. The topological polar surface area (TPSA) is 84.6 Å². The standard InChI is InChI=1S/C18H20FN3O4S/c1-21(2)16(12-4-6-13(19)7-5-12)11-20-27(24,25)14-8-9-15-17(10-14)26-18(23)22(15)3/h4-10,16,20H,11H2,1-3H3. The molecule has 0 aliphatic carbocycles. The maximum atomic E-state index is 13.1.